The third kappa shape index (κ3) is 2.64. The van der Waals surface area contributed by atoms with Gasteiger partial charge in [0, 0.05) is 0 Å². The SMILES string of the molecule is CCCC(N=O)c1ccc(CO)cc1. The molecule has 0 aromatic heterocycles. The van der Waals surface area contributed by atoms with E-state index in [2.05, 4.69) is 5.18 Å². The van der Waals surface area contributed by atoms with Crippen LogP contribution in [0.15, 0.2) is 29.4 Å². The Hall–Kier alpha value is -1.22. The maximum absolute atomic E-state index is 10.6. The lowest BCUT2D eigenvalue weighted by Gasteiger charge is -2.07. The molecule has 0 spiro atoms. The molecule has 0 aliphatic rings. The topological polar surface area (TPSA) is 49.7 Å². The van der Waals surface area contributed by atoms with Gasteiger partial charge in [-0.15, -0.1) is 0 Å². The van der Waals surface area contributed by atoms with Crippen molar-refractivity contribution in [1.82, 2.24) is 0 Å². The van der Waals surface area contributed by atoms with E-state index >= 15 is 0 Å². The van der Waals surface area contributed by atoms with E-state index in [4.69, 9.17) is 5.11 Å². The average molecular weight is 193 g/mol. The molecule has 1 N–H and O–H groups in total. The smallest absolute Gasteiger partial charge is 0.117 e. The van der Waals surface area contributed by atoms with Gasteiger partial charge in [0.2, 0.25) is 0 Å². The first-order valence-corrected chi connectivity index (χ1v) is 4.84. The predicted octanol–water partition coefficient (Wildman–Crippen LogP) is 2.79. The second-order valence-corrected chi connectivity index (χ2v) is 3.31. The van der Waals surface area contributed by atoms with E-state index in [-0.39, 0.29) is 12.6 Å². The van der Waals surface area contributed by atoms with Crippen molar-refractivity contribution < 1.29 is 5.11 Å². The molecule has 1 aromatic rings. The van der Waals surface area contributed by atoms with E-state index in [9.17, 15) is 4.91 Å². The summed E-state index contributed by atoms with van der Waals surface area (Å²) in [6, 6.07) is 7.11. The van der Waals surface area contributed by atoms with Crippen LogP contribution in [0.25, 0.3) is 0 Å². The van der Waals surface area contributed by atoms with Crippen LogP contribution in [0, 0.1) is 4.91 Å². The molecule has 1 atom stereocenters. The quantitative estimate of drug-likeness (QED) is 0.731. The standard InChI is InChI=1S/C11H15NO2/c1-2-3-11(12-14)10-6-4-9(8-13)5-7-10/h4-7,11,13H,2-3,8H2,1H3. The van der Waals surface area contributed by atoms with Crippen LogP contribution in [-0.4, -0.2) is 5.11 Å². The zero-order chi connectivity index (χ0) is 10.4. The Balaban J connectivity index is 2.78. The highest BCUT2D eigenvalue weighted by Crippen LogP contribution is 2.22. The van der Waals surface area contributed by atoms with Crippen LogP contribution in [0.5, 0.6) is 0 Å². The van der Waals surface area contributed by atoms with Crippen LogP contribution in [0.1, 0.15) is 36.9 Å². The van der Waals surface area contributed by atoms with Crippen LogP contribution < -0.4 is 0 Å². The van der Waals surface area contributed by atoms with Crippen molar-refractivity contribution in [2.24, 2.45) is 5.18 Å². The molecule has 3 nitrogen and oxygen atoms in total. The molecule has 0 bridgehead atoms. The number of aliphatic hydroxyl groups excluding tert-OH is 1. The number of nitrogens with zero attached hydrogens (tertiary/aromatic N) is 1. The van der Waals surface area contributed by atoms with Crippen molar-refractivity contribution in [3.8, 4) is 0 Å². The van der Waals surface area contributed by atoms with Gasteiger partial charge in [0.05, 0.1) is 6.61 Å². The monoisotopic (exact) mass is 193 g/mol. The van der Waals surface area contributed by atoms with Crippen LogP contribution in [-0.2, 0) is 6.61 Å². The molecule has 3 heteroatoms. The fourth-order valence-corrected chi connectivity index (χ4v) is 1.40. The molecule has 76 valence electrons. The second kappa shape index (κ2) is 5.50. The number of nitroso groups, excluding NO2 is 1. The summed E-state index contributed by atoms with van der Waals surface area (Å²) < 4.78 is 0. The predicted molar refractivity (Wildman–Crippen MR) is 55.8 cm³/mol. The zero-order valence-electron chi connectivity index (χ0n) is 8.31. The van der Waals surface area contributed by atoms with Gasteiger partial charge < -0.3 is 5.11 Å². The van der Waals surface area contributed by atoms with Crippen LogP contribution in [0.4, 0.5) is 0 Å². The maximum atomic E-state index is 10.6. The van der Waals surface area contributed by atoms with E-state index in [1.54, 1.807) is 0 Å². The molecule has 0 aliphatic carbocycles. The van der Waals surface area contributed by atoms with E-state index in [0.717, 1.165) is 24.0 Å². The summed E-state index contributed by atoms with van der Waals surface area (Å²) in [5.74, 6) is 0. The molecule has 0 saturated carbocycles. The molecule has 1 aromatic carbocycles. The summed E-state index contributed by atoms with van der Waals surface area (Å²) in [5, 5.41) is 11.9. The molecule has 0 fully saturated rings. The minimum atomic E-state index is -0.243. The minimum absolute atomic E-state index is 0.0350. The molecule has 1 unspecified atom stereocenters. The largest absolute Gasteiger partial charge is 0.392 e. The summed E-state index contributed by atoms with van der Waals surface area (Å²) in [4.78, 5) is 10.6. The Bertz CT molecular complexity index is 282. The summed E-state index contributed by atoms with van der Waals surface area (Å²) in [6.07, 6.45) is 1.72. The third-order valence-corrected chi connectivity index (χ3v) is 2.24. The Labute approximate surface area is 83.7 Å². The van der Waals surface area contributed by atoms with Gasteiger partial charge in [0.15, 0.2) is 0 Å². The van der Waals surface area contributed by atoms with Gasteiger partial charge in [-0.25, -0.2) is 0 Å². The van der Waals surface area contributed by atoms with Crippen molar-refractivity contribution in [3.63, 3.8) is 0 Å². The molecular formula is C11H15NO2. The van der Waals surface area contributed by atoms with E-state index < -0.39 is 0 Å². The second-order valence-electron chi connectivity index (χ2n) is 3.31. The molecule has 0 radical (unpaired) electrons. The summed E-state index contributed by atoms with van der Waals surface area (Å²) in [5.41, 5.74) is 1.79. The summed E-state index contributed by atoms with van der Waals surface area (Å²) >= 11 is 0. The number of hydrogen-bond acceptors (Lipinski definition) is 3. The van der Waals surface area contributed by atoms with Crippen molar-refractivity contribution >= 4 is 0 Å². The van der Waals surface area contributed by atoms with Gasteiger partial charge in [-0.05, 0) is 17.5 Å². The normalized spacial score (nSPS) is 12.4. The molecule has 0 aliphatic heterocycles. The Morgan fingerprint density at radius 3 is 2.43 bits per heavy atom. The number of hydrogen-bond donors (Lipinski definition) is 1. The first-order chi connectivity index (χ1) is 6.81. The zero-order valence-corrected chi connectivity index (χ0v) is 8.31. The van der Waals surface area contributed by atoms with E-state index in [1.165, 1.54) is 0 Å². The van der Waals surface area contributed by atoms with Crippen molar-refractivity contribution in [2.75, 3.05) is 0 Å². The van der Waals surface area contributed by atoms with Crippen LogP contribution >= 0.6 is 0 Å². The highest BCUT2D eigenvalue weighted by molar-refractivity contribution is 5.24. The van der Waals surface area contributed by atoms with Gasteiger partial charge in [0.1, 0.15) is 6.04 Å². The van der Waals surface area contributed by atoms with Crippen molar-refractivity contribution in [1.29, 1.82) is 0 Å². The fraction of sp³-hybridized carbons (Fsp3) is 0.455. The van der Waals surface area contributed by atoms with E-state index in [1.807, 2.05) is 31.2 Å². The number of benzene rings is 1. The van der Waals surface area contributed by atoms with Gasteiger partial charge in [-0.1, -0.05) is 42.8 Å². The molecule has 0 saturated heterocycles. The average Bonchev–Trinajstić information content (AvgIpc) is 2.26. The Kier molecular flexibility index (Phi) is 4.26. The number of rotatable bonds is 5. The van der Waals surface area contributed by atoms with E-state index in [0.29, 0.717) is 0 Å². The molecular weight excluding hydrogens is 178 g/mol. The molecule has 0 amide bonds. The molecule has 1 rings (SSSR count). The van der Waals surface area contributed by atoms with Crippen molar-refractivity contribution in [3.05, 3.63) is 40.3 Å². The highest BCUT2D eigenvalue weighted by atomic mass is 16.3. The maximum Gasteiger partial charge on any atom is 0.117 e. The summed E-state index contributed by atoms with van der Waals surface area (Å²) in [7, 11) is 0. The fourth-order valence-electron chi connectivity index (χ4n) is 1.40. The van der Waals surface area contributed by atoms with Gasteiger partial charge in [0.25, 0.3) is 0 Å². The van der Waals surface area contributed by atoms with Crippen LogP contribution in [0.2, 0.25) is 0 Å². The van der Waals surface area contributed by atoms with Gasteiger partial charge in [-0.2, -0.15) is 4.91 Å². The first-order valence-electron chi connectivity index (χ1n) is 4.84. The minimum Gasteiger partial charge on any atom is -0.392 e. The van der Waals surface area contributed by atoms with Crippen LogP contribution in [0.3, 0.4) is 0 Å². The van der Waals surface area contributed by atoms with Crippen molar-refractivity contribution in [2.45, 2.75) is 32.4 Å². The Morgan fingerprint density at radius 1 is 1.36 bits per heavy atom. The molecule has 0 heterocycles. The third-order valence-electron chi connectivity index (χ3n) is 2.24. The Morgan fingerprint density at radius 2 is 2.00 bits per heavy atom. The lowest BCUT2D eigenvalue weighted by Crippen LogP contribution is -1.94. The lowest BCUT2D eigenvalue weighted by atomic mass is 10.0. The first kappa shape index (κ1) is 10.9. The van der Waals surface area contributed by atoms with Gasteiger partial charge in [-0.3, -0.25) is 0 Å². The molecule has 14 heavy (non-hydrogen) atoms. The summed E-state index contributed by atoms with van der Waals surface area (Å²) in [6.45, 7) is 2.06. The number of aliphatic hydroxyl groups is 1. The van der Waals surface area contributed by atoms with Gasteiger partial charge >= 0.3 is 0 Å². The highest BCUT2D eigenvalue weighted by Gasteiger charge is 2.09. The lowest BCUT2D eigenvalue weighted by molar-refractivity contribution is 0.282.